The number of primary amides is 1. The SMILES string of the molecule is CC[C@H](C)[C@H](NC(=O)[C@H](CC(N)=O)NC(=O)[C@H](Cc1ccccc1)NC(=O)OCC1c2ccccc2-c2ccccc21)C(=O)N[C@@H](CCC(=O)O)C(=O)N[C@@H](Cc1ccccc1)C(=O)O. The Morgan fingerprint density at radius 3 is 1.60 bits per heavy atom. The number of carbonyl (C=O) groups excluding carboxylic acids is 6. The van der Waals surface area contributed by atoms with E-state index in [0.29, 0.717) is 17.5 Å². The highest BCUT2D eigenvalue weighted by molar-refractivity contribution is 5.97. The second kappa shape index (κ2) is 23.2. The summed E-state index contributed by atoms with van der Waals surface area (Å²) in [5, 5.41) is 31.8. The van der Waals surface area contributed by atoms with Crippen LogP contribution in [0.2, 0.25) is 0 Å². The van der Waals surface area contributed by atoms with Gasteiger partial charge in [-0.2, -0.15) is 0 Å². The molecule has 0 unspecified atom stereocenters. The maximum Gasteiger partial charge on any atom is 0.407 e. The number of carboxylic acid groups (broad SMARTS) is 2. The van der Waals surface area contributed by atoms with Gasteiger partial charge < -0.3 is 47.3 Å². The van der Waals surface area contributed by atoms with Crippen molar-refractivity contribution in [2.75, 3.05) is 6.61 Å². The molecule has 6 atom stereocenters. The zero-order chi connectivity index (χ0) is 47.0. The second-order valence-electron chi connectivity index (χ2n) is 15.9. The lowest BCUT2D eigenvalue weighted by molar-refractivity contribution is -0.143. The van der Waals surface area contributed by atoms with Crippen molar-refractivity contribution in [1.29, 1.82) is 0 Å². The van der Waals surface area contributed by atoms with E-state index in [0.717, 1.165) is 22.3 Å². The Hall–Kier alpha value is -7.56. The molecular weight excluding hydrogens is 837 g/mol. The summed E-state index contributed by atoms with van der Waals surface area (Å²) in [6.07, 6.45) is -2.47. The monoisotopic (exact) mass is 890 g/mol. The number of hydrogen-bond acceptors (Lipinski definition) is 9. The van der Waals surface area contributed by atoms with E-state index in [2.05, 4.69) is 26.6 Å². The number of nitrogens with one attached hydrogen (secondary N) is 5. The van der Waals surface area contributed by atoms with Crippen molar-refractivity contribution in [3.63, 3.8) is 0 Å². The zero-order valence-electron chi connectivity index (χ0n) is 36.0. The summed E-state index contributed by atoms with van der Waals surface area (Å²) in [4.78, 5) is 105. The molecule has 65 heavy (non-hydrogen) atoms. The lowest BCUT2D eigenvalue weighted by Crippen LogP contribution is -2.60. The zero-order valence-corrected chi connectivity index (χ0v) is 36.0. The molecule has 9 N–H and O–H groups in total. The molecule has 4 aromatic carbocycles. The number of benzene rings is 4. The van der Waals surface area contributed by atoms with E-state index in [1.165, 1.54) is 0 Å². The van der Waals surface area contributed by atoms with E-state index < -0.39 is 103 Å². The molecule has 6 amide bonds. The Bertz CT molecular complexity index is 2300. The summed E-state index contributed by atoms with van der Waals surface area (Å²) < 4.78 is 5.71. The molecule has 0 spiro atoms. The Balaban J connectivity index is 1.30. The lowest BCUT2D eigenvalue weighted by Gasteiger charge is -2.29. The van der Waals surface area contributed by atoms with Crippen molar-refractivity contribution in [2.45, 2.75) is 88.5 Å². The van der Waals surface area contributed by atoms with Crippen LogP contribution in [0, 0.1) is 5.92 Å². The van der Waals surface area contributed by atoms with Gasteiger partial charge in [-0.25, -0.2) is 9.59 Å². The standard InChI is InChI=1S/C48H54N6O11/c1-3-28(2)42(46(61)50-36(22-23-41(56)57)43(58)52-39(47(62)63)25-30-16-8-5-9-17-30)54-45(60)38(26-40(49)55)51-44(59)37(24-29-14-6-4-7-15-29)53-48(64)65-27-35-33-20-12-10-18-31(33)32-19-11-13-21-34(32)35/h4-21,28,35-39,42H,3,22-27H2,1-2H3,(H2,49,55)(H,50,61)(H,51,59)(H,52,58)(H,53,64)(H,54,60)(H,56,57)(H,62,63)/t28-,36-,37-,38-,39-,42-/m0/s1. The van der Waals surface area contributed by atoms with Crippen LogP contribution in [0.15, 0.2) is 109 Å². The van der Waals surface area contributed by atoms with E-state index in [9.17, 15) is 48.6 Å². The van der Waals surface area contributed by atoms with Crippen LogP contribution >= 0.6 is 0 Å². The predicted molar refractivity (Wildman–Crippen MR) is 238 cm³/mol. The number of nitrogens with two attached hydrogens (primary N) is 1. The van der Waals surface area contributed by atoms with Gasteiger partial charge in [-0.1, -0.05) is 129 Å². The largest absolute Gasteiger partial charge is 0.481 e. The Morgan fingerprint density at radius 1 is 0.600 bits per heavy atom. The van der Waals surface area contributed by atoms with Gasteiger partial charge in [0.1, 0.15) is 36.8 Å². The van der Waals surface area contributed by atoms with Gasteiger partial charge in [0.25, 0.3) is 0 Å². The number of carbonyl (C=O) groups is 8. The molecule has 0 saturated carbocycles. The van der Waals surface area contributed by atoms with Gasteiger partial charge in [-0.15, -0.1) is 0 Å². The van der Waals surface area contributed by atoms with Gasteiger partial charge in [0, 0.05) is 25.2 Å². The lowest BCUT2D eigenvalue weighted by atomic mass is 9.96. The fourth-order valence-corrected chi connectivity index (χ4v) is 7.60. The van der Waals surface area contributed by atoms with Crippen molar-refractivity contribution in [2.24, 2.45) is 11.7 Å². The summed E-state index contributed by atoms with van der Waals surface area (Å²) in [7, 11) is 0. The average molecular weight is 891 g/mol. The van der Waals surface area contributed by atoms with Crippen molar-refractivity contribution < 1.29 is 53.3 Å². The minimum Gasteiger partial charge on any atom is -0.481 e. The van der Waals surface area contributed by atoms with Crippen molar-refractivity contribution in [1.82, 2.24) is 26.6 Å². The van der Waals surface area contributed by atoms with Gasteiger partial charge in [-0.3, -0.25) is 28.8 Å². The quantitative estimate of drug-likeness (QED) is 0.0536. The van der Waals surface area contributed by atoms with Gasteiger partial charge >= 0.3 is 18.0 Å². The van der Waals surface area contributed by atoms with Crippen LogP contribution in [0.25, 0.3) is 11.1 Å². The Labute approximate surface area is 375 Å². The fourth-order valence-electron chi connectivity index (χ4n) is 7.60. The number of amides is 6. The number of aliphatic carboxylic acids is 2. The first-order valence-corrected chi connectivity index (χ1v) is 21.3. The third-order valence-electron chi connectivity index (χ3n) is 11.2. The van der Waals surface area contributed by atoms with Crippen LogP contribution < -0.4 is 32.3 Å². The Kier molecular flexibility index (Phi) is 17.3. The average Bonchev–Trinajstić information content (AvgIpc) is 3.61. The number of fused-ring (bicyclic) bond motifs is 3. The van der Waals surface area contributed by atoms with Crippen molar-refractivity contribution >= 4 is 47.6 Å². The molecule has 1 aliphatic rings. The van der Waals surface area contributed by atoms with E-state index in [1.54, 1.807) is 74.5 Å². The number of alkyl carbamates (subject to hydrolysis) is 1. The summed E-state index contributed by atoms with van der Waals surface area (Å²) in [5.41, 5.74) is 10.8. The molecule has 5 rings (SSSR count). The van der Waals surface area contributed by atoms with E-state index in [1.807, 2.05) is 48.5 Å². The molecule has 0 saturated heterocycles. The van der Waals surface area contributed by atoms with Crippen molar-refractivity contribution in [3.05, 3.63) is 131 Å². The maximum atomic E-state index is 14.0. The van der Waals surface area contributed by atoms with Gasteiger partial charge in [0.2, 0.25) is 29.5 Å². The minimum atomic E-state index is -1.65. The number of carboxylic acids is 2. The predicted octanol–water partition coefficient (Wildman–Crippen LogP) is 3.19. The van der Waals surface area contributed by atoms with E-state index in [-0.39, 0.29) is 25.4 Å². The van der Waals surface area contributed by atoms with Crippen LogP contribution in [-0.4, -0.2) is 94.6 Å². The van der Waals surface area contributed by atoms with E-state index >= 15 is 0 Å². The summed E-state index contributed by atoms with van der Waals surface area (Å²) in [6, 6.07) is 25.4. The Morgan fingerprint density at radius 2 is 1.08 bits per heavy atom. The number of ether oxygens (including phenoxy) is 1. The fraction of sp³-hybridized carbons (Fsp3) is 0.333. The second-order valence-corrected chi connectivity index (χ2v) is 15.9. The van der Waals surface area contributed by atoms with Gasteiger partial charge in [0.15, 0.2) is 0 Å². The van der Waals surface area contributed by atoms with Crippen LogP contribution in [-0.2, 0) is 51.1 Å². The summed E-state index contributed by atoms with van der Waals surface area (Å²) in [5.74, 6) is -8.29. The molecule has 0 radical (unpaired) electrons. The third-order valence-corrected chi connectivity index (χ3v) is 11.2. The number of rotatable bonds is 23. The third kappa shape index (κ3) is 13.7. The highest BCUT2D eigenvalue weighted by Gasteiger charge is 2.36. The first-order valence-electron chi connectivity index (χ1n) is 21.3. The van der Waals surface area contributed by atoms with Crippen molar-refractivity contribution in [3.8, 4) is 11.1 Å². The molecule has 4 aromatic rings. The molecule has 0 aliphatic heterocycles. The van der Waals surface area contributed by atoms with Crippen LogP contribution in [0.4, 0.5) is 4.79 Å². The molecule has 1 aliphatic carbocycles. The molecule has 0 fully saturated rings. The highest BCUT2D eigenvalue weighted by atomic mass is 16.5. The molecule has 0 heterocycles. The van der Waals surface area contributed by atoms with Crippen LogP contribution in [0.1, 0.15) is 67.7 Å². The minimum absolute atomic E-state index is 0.0437. The summed E-state index contributed by atoms with van der Waals surface area (Å²) >= 11 is 0. The molecular formula is C48H54N6O11. The molecule has 17 nitrogen and oxygen atoms in total. The van der Waals surface area contributed by atoms with Crippen LogP contribution in [0.5, 0.6) is 0 Å². The summed E-state index contributed by atoms with van der Waals surface area (Å²) in [6.45, 7) is 3.30. The highest BCUT2D eigenvalue weighted by Crippen LogP contribution is 2.44. The topological polar surface area (TPSA) is 272 Å². The molecule has 0 bridgehead atoms. The van der Waals surface area contributed by atoms with E-state index in [4.69, 9.17) is 10.5 Å². The molecule has 17 heteroatoms. The first-order chi connectivity index (χ1) is 31.1. The van der Waals surface area contributed by atoms with Crippen LogP contribution in [0.3, 0.4) is 0 Å². The normalized spacial score (nSPS) is 14.4. The first kappa shape index (κ1) is 48.5. The van der Waals surface area contributed by atoms with Gasteiger partial charge in [0.05, 0.1) is 6.42 Å². The molecule has 0 aromatic heterocycles. The molecule has 342 valence electrons. The smallest absolute Gasteiger partial charge is 0.407 e. The maximum absolute atomic E-state index is 14.0. The van der Waals surface area contributed by atoms with Gasteiger partial charge in [-0.05, 0) is 45.7 Å². The number of hydrogen-bond donors (Lipinski definition) is 8.